The standard InChI is InChI=1S/C16H21N3OS2/c1-12-4-6-15(7-5-12)21-9-8-17-16(20)19(3)10-14-11-22-13(2)18-14/h4-7,11H,8-10H2,1-3H3,(H,17,20). The quantitative estimate of drug-likeness (QED) is 0.647. The summed E-state index contributed by atoms with van der Waals surface area (Å²) in [7, 11) is 1.79. The van der Waals surface area contributed by atoms with Crippen molar-refractivity contribution in [1.29, 1.82) is 0 Å². The van der Waals surface area contributed by atoms with Crippen LogP contribution in [0.4, 0.5) is 4.79 Å². The van der Waals surface area contributed by atoms with Gasteiger partial charge in [0.15, 0.2) is 0 Å². The van der Waals surface area contributed by atoms with E-state index < -0.39 is 0 Å². The fraction of sp³-hybridized carbons (Fsp3) is 0.375. The van der Waals surface area contributed by atoms with Crippen LogP contribution in [0, 0.1) is 13.8 Å². The Morgan fingerprint density at radius 1 is 1.32 bits per heavy atom. The smallest absolute Gasteiger partial charge is 0.317 e. The molecule has 0 radical (unpaired) electrons. The number of nitrogens with one attached hydrogen (secondary N) is 1. The summed E-state index contributed by atoms with van der Waals surface area (Å²) in [6.07, 6.45) is 0. The Morgan fingerprint density at radius 3 is 2.68 bits per heavy atom. The van der Waals surface area contributed by atoms with Crippen molar-refractivity contribution in [2.75, 3.05) is 19.3 Å². The Bertz CT molecular complexity index is 610. The molecule has 4 nitrogen and oxygen atoms in total. The zero-order valence-electron chi connectivity index (χ0n) is 13.1. The summed E-state index contributed by atoms with van der Waals surface area (Å²) in [4.78, 5) is 19.2. The van der Waals surface area contributed by atoms with Crippen molar-refractivity contribution >= 4 is 29.1 Å². The Hall–Kier alpha value is -1.53. The highest BCUT2D eigenvalue weighted by Crippen LogP contribution is 2.17. The maximum atomic E-state index is 12.0. The van der Waals surface area contributed by atoms with Crippen LogP contribution in [-0.2, 0) is 6.54 Å². The number of thioether (sulfide) groups is 1. The molecular weight excluding hydrogens is 314 g/mol. The van der Waals surface area contributed by atoms with Crippen LogP contribution in [0.3, 0.4) is 0 Å². The Labute approximate surface area is 139 Å². The molecule has 0 aliphatic heterocycles. The van der Waals surface area contributed by atoms with E-state index in [0.29, 0.717) is 13.1 Å². The van der Waals surface area contributed by atoms with Gasteiger partial charge in [0, 0.05) is 29.6 Å². The Morgan fingerprint density at radius 2 is 2.05 bits per heavy atom. The van der Waals surface area contributed by atoms with E-state index in [1.807, 2.05) is 12.3 Å². The minimum atomic E-state index is -0.0600. The van der Waals surface area contributed by atoms with Crippen molar-refractivity contribution in [3.63, 3.8) is 0 Å². The van der Waals surface area contributed by atoms with Crippen LogP contribution < -0.4 is 5.32 Å². The van der Waals surface area contributed by atoms with E-state index in [4.69, 9.17) is 0 Å². The monoisotopic (exact) mass is 335 g/mol. The molecule has 0 saturated carbocycles. The summed E-state index contributed by atoms with van der Waals surface area (Å²) in [6.45, 7) is 5.24. The van der Waals surface area contributed by atoms with Crippen LogP contribution in [0.2, 0.25) is 0 Å². The number of hydrogen-bond donors (Lipinski definition) is 1. The number of urea groups is 1. The first kappa shape index (κ1) is 16.8. The molecule has 1 aromatic heterocycles. The first-order valence-corrected chi connectivity index (χ1v) is 9.00. The normalized spacial score (nSPS) is 10.5. The summed E-state index contributed by atoms with van der Waals surface area (Å²) < 4.78 is 0. The van der Waals surface area contributed by atoms with Crippen LogP contribution in [-0.4, -0.2) is 35.3 Å². The first-order valence-electron chi connectivity index (χ1n) is 7.14. The van der Waals surface area contributed by atoms with Gasteiger partial charge in [-0.3, -0.25) is 0 Å². The number of carbonyl (C=O) groups is 1. The second kappa shape index (κ2) is 8.19. The minimum Gasteiger partial charge on any atom is -0.337 e. The van der Waals surface area contributed by atoms with E-state index in [-0.39, 0.29) is 6.03 Å². The number of thiazole rings is 1. The van der Waals surface area contributed by atoms with Gasteiger partial charge in [-0.15, -0.1) is 23.1 Å². The molecule has 0 unspecified atom stereocenters. The highest BCUT2D eigenvalue weighted by Gasteiger charge is 2.10. The van der Waals surface area contributed by atoms with Crippen LogP contribution in [0.5, 0.6) is 0 Å². The summed E-state index contributed by atoms with van der Waals surface area (Å²) in [5.74, 6) is 0.860. The van der Waals surface area contributed by atoms with Gasteiger partial charge in [-0.05, 0) is 26.0 Å². The molecule has 0 aliphatic rings. The van der Waals surface area contributed by atoms with E-state index in [2.05, 4.69) is 41.5 Å². The first-order chi connectivity index (χ1) is 10.5. The zero-order chi connectivity index (χ0) is 15.9. The number of rotatable bonds is 6. The van der Waals surface area contributed by atoms with Crippen molar-refractivity contribution in [2.24, 2.45) is 0 Å². The van der Waals surface area contributed by atoms with Crippen molar-refractivity contribution in [3.8, 4) is 0 Å². The fourth-order valence-corrected chi connectivity index (χ4v) is 3.26. The number of aryl methyl sites for hydroxylation is 2. The molecule has 0 fully saturated rings. The maximum Gasteiger partial charge on any atom is 0.317 e. The second-order valence-electron chi connectivity index (χ2n) is 5.11. The van der Waals surface area contributed by atoms with Gasteiger partial charge in [0.05, 0.1) is 17.2 Å². The SMILES string of the molecule is Cc1ccc(SCCNC(=O)N(C)Cc2csc(C)n2)cc1. The maximum absolute atomic E-state index is 12.0. The molecule has 6 heteroatoms. The van der Waals surface area contributed by atoms with E-state index in [9.17, 15) is 4.79 Å². The number of nitrogens with zero attached hydrogens (tertiary/aromatic N) is 2. The van der Waals surface area contributed by atoms with Crippen molar-refractivity contribution < 1.29 is 4.79 Å². The minimum absolute atomic E-state index is 0.0600. The average molecular weight is 335 g/mol. The third kappa shape index (κ3) is 5.35. The number of amides is 2. The van der Waals surface area contributed by atoms with Gasteiger partial charge in [0.1, 0.15) is 0 Å². The summed E-state index contributed by atoms with van der Waals surface area (Å²) in [5.41, 5.74) is 2.20. The topological polar surface area (TPSA) is 45.2 Å². The summed E-state index contributed by atoms with van der Waals surface area (Å²) >= 11 is 3.35. The van der Waals surface area contributed by atoms with E-state index in [1.54, 1.807) is 35.0 Å². The largest absolute Gasteiger partial charge is 0.337 e. The molecule has 0 aliphatic carbocycles. The van der Waals surface area contributed by atoms with Gasteiger partial charge < -0.3 is 10.2 Å². The van der Waals surface area contributed by atoms with Gasteiger partial charge in [-0.2, -0.15) is 0 Å². The van der Waals surface area contributed by atoms with Crippen molar-refractivity contribution in [3.05, 3.63) is 45.9 Å². The molecule has 1 N–H and O–H groups in total. The molecule has 2 amide bonds. The van der Waals surface area contributed by atoms with Crippen LogP contribution in [0.1, 0.15) is 16.3 Å². The van der Waals surface area contributed by atoms with Crippen molar-refractivity contribution in [2.45, 2.75) is 25.3 Å². The highest BCUT2D eigenvalue weighted by molar-refractivity contribution is 7.99. The molecule has 1 heterocycles. The number of benzene rings is 1. The van der Waals surface area contributed by atoms with Gasteiger partial charge in [0.25, 0.3) is 0 Å². The van der Waals surface area contributed by atoms with Crippen LogP contribution in [0.15, 0.2) is 34.5 Å². The lowest BCUT2D eigenvalue weighted by Gasteiger charge is -2.16. The number of hydrogen-bond acceptors (Lipinski definition) is 4. The molecule has 118 valence electrons. The van der Waals surface area contributed by atoms with Gasteiger partial charge >= 0.3 is 6.03 Å². The van der Waals surface area contributed by atoms with Gasteiger partial charge in [-0.25, -0.2) is 9.78 Å². The molecule has 2 aromatic rings. The number of aromatic nitrogens is 1. The zero-order valence-corrected chi connectivity index (χ0v) is 14.8. The molecule has 1 aromatic carbocycles. The second-order valence-corrected chi connectivity index (χ2v) is 7.34. The van der Waals surface area contributed by atoms with E-state index in [1.165, 1.54) is 10.5 Å². The van der Waals surface area contributed by atoms with Gasteiger partial charge in [0.2, 0.25) is 0 Å². The lowest BCUT2D eigenvalue weighted by molar-refractivity contribution is 0.207. The average Bonchev–Trinajstić information content (AvgIpc) is 2.90. The third-order valence-electron chi connectivity index (χ3n) is 3.08. The van der Waals surface area contributed by atoms with Crippen molar-refractivity contribution in [1.82, 2.24) is 15.2 Å². The van der Waals surface area contributed by atoms with Crippen LogP contribution in [0.25, 0.3) is 0 Å². The summed E-state index contributed by atoms with van der Waals surface area (Å²) in [6, 6.07) is 8.36. The van der Waals surface area contributed by atoms with E-state index in [0.717, 1.165) is 16.5 Å². The Kier molecular flexibility index (Phi) is 6.27. The molecule has 2 rings (SSSR count). The summed E-state index contributed by atoms with van der Waals surface area (Å²) in [5, 5.41) is 5.95. The lowest BCUT2D eigenvalue weighted by Crippen LogP contribution is -2.37. The van der Waals surface area contributed by atoms with Gasteiger partial charge in [-0.1, -0.05) is 17.7 Å². The fourth-order valence-electron chi connectivity index (χ4n) is 1.89. The molecule has 0 bridgehead atoms. The molecular formula is C16H21N3OS2. The lowest BCUT2D eigenvalue weighted by atomic mass is 10.2. The molecule has 0 spiro atoms. The predicted molar refractivity (Wildman–Crippen MR) is 93.6 cm³/mol. The molecule has 22 heavy (non-hydrogen) atoms. The third-order valence-corrected chi connectivity index (χ3v) is 4.92. The predicted octanol–water partition coefficient (Wildman–Crippen LogP) is 3.69. The highest BCUT2D eigenvalue weighted by atomic mass is 32.2. The Balaban J connectivity index is 1.67. The van der Waals surface area contributed by atoms with E-state index >= 15 is 0 Å². The number of carbonyl (C=O) groups excluding carboxylic acids is 1. The van der Waals surface area contributed by atoms with Crippen LogP contribution >= 0.6 is 23.1 Å². The molecule has 0 atom stereocenters. The molecule has 0 saturated heterocycles.